The lowest BCUT2D eigenvalue weighted by atomic mass is 9.85. The number of hydrogen-bond donors (Lipinski definition) is 2. The van der Waals surface area contributed by atoms with Crippen LogP contribution >= 0.6 is 11.3 Å². The van der Waals surface area contributed by atoms with Crippen LogP contribution in [0.15, 0.2) is 17.5 Å². The summed E-state index contributed by atoms with van der Waals surface area (Å²) in [5, 5.41) is 5.74. The van der Waals surface area contributed by atoms with Crippen molar-refractivity contribution in [2.75, 3.05) is 6.54 Å². The maximum atomic E-state index is 5.87. The number of nitrogens with two attached hydrogens (primary N) is 1. The third kappa shape index (κ3) is 4.41. The van der Waals surface area contributed by atoms with Gasteiger partial charge in [-0.2, -0.15) is 0 Å². The van der Waals surface area contributed by atoms with Crippen molar-refractivity contribution in [1.82, 2.24) is 5.32 Å². The Balaban J connectivity index is 1.72. The molecule has 1 aliphatic rings. The molecule has 96 valence electrons. The fraction of sp³-hybridized carbons (Fsp3) is 0.714. The molecular weight excluding hydrogens is 228 g/mol. The highest BCUT2D eigenvalue weighted by Gasteiger charge is 2.17. The van der Waals surface area contributed by atoms with Crippen LogP contribution in [0.4, 0.5) is 0 Å². The Bertz CT molecular complexity index is 291. The number of thiophene rings is 1. The quantitative estimate of drug-likeness (QED) is 0.816. The summed E-state index contributed by atoms with van der Waals surface area (Å²) in [7, 11) is 0. The molecule has 1 atom stereocenters. The lowest BCUT2D eigenvalue weighted by Crippen LogP contribution is -2.37. The summed E-state index contributed by atoms with van der Waals surface area (Å²) in [6, 6.07) is 4.80. The molecule has 0 aliphatic heterocycles. The molecule has 0 saturated heterocycles. The first-order valence-electron chi connectivity index (χ1n) is 6.84. The van der Waals surface area contributed by atoms with Gasteiger partial charge in [-0.1, -0.05) is 38.2 Å². The number of nitrogens with one attached hydrogen (secondary N) is 1. The minimum Gasteiger partial charge on any atom is -0.329 e. The van der Waals surface area contributed by atoms with Gasteiger partial charge in [0.15, 0.2) is 0 Å². The van der Waals surface area contributed by atoms with Crippen LogP contribution in [0, 0.1) is 5.92 Å². The normalized spacial score (nSPS) is 19.4. The monoisotopic (exact) mass is 252 g/mol. The maximum absolute atomic E-state index is 5.87. The van der Waals surface area contributed by atoms with Gasteiger partial charge in [-0.25, -0.2) is 0 Å². The van der Waals surface area contributed by atoms with Crippen LogP contribution in [0.2, 0.25) is 0 Å². The van der Waals surface area contributed by atoms with E-state index in [0.29, 0.717) is 6.04 Å². The van der Waals surface area contributed by atoms with Crippen LogP contribution in [-0.2, 0) is 6.54 Å². The zero-order chi connectivity index (χ0) is 11.9. The Labute approximate surface area is 109 Å². The average molecular weight is 252 g/mol. The zero-order valence-electron chi connectivity index (χ0n) is 10.5. The Morgan fingerprint density at radius 3 is 2.82 bits per heavy atom. The molecule has 0 radical (unpaired) electrons. The number of rotatable bonds is 6. The summed E-state index contributed by atoms with van der Waals surface area (Å²) in [5.74, 6) is 0.910. The van der Waals surface area contributed by atoms with Gasteiger partial charge >= 0.3 is 0 Å². The molecule has 3 heteroatoms. The maximum Gasteiger partial charge on any atom is 0.0302 e. The first-order chi connectivity index (χ1) is 8.38. The van der Waals surface area contributed by atoms with Crippen molar-refractivity contribution in [3.05, 3.63) is 22.4 Å². The van der Waals surface area contributed by atoms with Crippen molar-refractivity contribution in [2.45, 2.75) is 51.1 Å². The predicted octanol–water partition coefficient (Wildman–Crippen LogP) is 3.14. The Hall–Kier alpha value is -0.380. The molecule has 0 bridgehead atoms. The summed E-state index contributed by atoms with van der Waals surface area (Å²) < 4.78 is 0. The van der Waals surface area contributed by atoms with E-state index in [1.165, 1.54) is 43.4 Å². The minimum absolute atomic E-state index is 0.500. The molecule has 1 heterocycles. The summed E-state index contributed by atoms with van der Waals surface area (Å²) >= 11 is 1.82. The van der Waals surface area contributed by atoms with Crippen molar-refractivity contribution in [3.8, 4) is 0 Å². The molecule has 0 amide bonds. The second kappa shape index (κ2) is 7.14. The van der Waals surface area contributed by atoms with Gasteiger partial charge in [-0.15, -0.1) is 11.3 Å². The largest absolute Gasteiger partial charge is 0.329 e. The number of hydrogen-bond acceptors (Lipinski definition) is 3. The van der Waals surface area contributed by atoms with E-state index in [1.807, 2.05) is 11.3 Å². The third-order valence-electron chi connectivity index (χ3n) is 3.77. The van der Waals surface area contributed by atoms with Gasteiger partial charge in [0.25, 0.3) is 0 Å². The Morgan fingerprint density at radius 2 is 2.18 bits per heavy atom. The van der Waals surface area contributed by atoms with Gasteiger partial charge in [-0.05, 0) is 23.8 Å². The van der Waals surface area contributed by atoms with E-state index in [9.17, 15) is 0 Å². The second-order valence-electron chi connectivity index (χ2n) is 5.13. The molecule has 1 aromatic rings. The van der Waals surface area contributed by atoms with Crippen molar-refractivity contribution in [2.24, 2.45) is 11.7 Å². The van der Waals surface area contributed by atoms with Gasteiger partial charge in [0.2, 0.25) is 0 Å². The van der Waals surface area contributed by atoms with Gasteiger partial charge in [0.05, 0.1) is 0 Å². The van der Waals surface area contributed by atoms with Crippen molar-refractivity contribution >= 4 is 11.3 Å². The molecule has 2 nitrogen and oxygen atoms in total. The molecule has 2 rings (SSSR count). The van der Waals surface area contributed by atoms with Crippen molar-refractivity contribution in [3.63, 3.8) is 0 Å². The van der Waals surface area contributed by atoms with E-state index in [0.717, 1.165) is 19.0 Å². The van der Waals surface area contributed by atoms with E-state index < -0.39 is 0 Å². The van der Waals surface area contributed by atoms with Crippen LogP contribution in [0.25, 0.3) is 0 Å². The van der Waals surface area contributed by atoms with Crippen LogP contribution < -0.4 is 11.1 Å². The summed E-state index contributed by atoms with van der Waals surface area (Å²) in [5.41, 5.74) is 5.87. The summed E-state index contributed by atoms with van der Waals surface area (Å²) in [6.07, 6.45) is 8.38. The molecule has 17 heavy (non-hydrogen) atoms. The van der Waals surface area contributed by atoms with E-state index in [4.69, 9.17) is 5.73 Å². The van der Waals surface area contributed by atoms with Crippen molar-refractivity contribution in [1.29, 1.82) is 0 Å². The van der Waals surface area contributed by atoms with Gasteiger partial charge < -0.3 is 11.1 Å². The van der Waals surface area contributed by atoms with E-state index in [1.54, 1.807) is 0 Å². The van der Waals surface area contributed by atoms with Gasteiger partial charge in [-0.3, -0.25) is 0 Å². The molecule has 1 unspecified atom stereocenters. The Morgan fingerprint density at radius 1 is 1.35 bits per heavy atom. The smallest absolute Gasteiger partial charge is 0.0302 e. The standard InChI is InChI=1S/C14H24N2S/c15-10-13(9-12-5-2-1-3-6-12)16-11-14-7-4-8-17-14/h4,7-8,12-13,16H,1-3,5-6,9-11,15H2. The predicted molar refractivity (Wildman–Crippen MR) is 75.2 cm³/mol. The highest BCUT2D eigenvalue weighted by molar-refractivity contribution is 7.09. The zero-order valence-corrected chi connectivity index (χ0v) is 11.3. The molecule has 3 N–H and O–H groups in total. The summed E-state index contributed by atoms with van der Waals surface area (Å²) in [4.78, 5) is 1.41. The second-order valence-corrected chi connectivity index (χ2v) is 6.16. The van der Waals surface area contributed by atoms with Crippen LogP contribution in [-0.4, -0.2) is 12.6 Å². The lowest BCUT2D eigenvalue weighted by Gasteiger charge is -2.26. The highest BCUT2D eigenvalue weighted by Crippen LogP contribution is 2.27. The summed E-state index contributed by atoms with van der Waals surface area (Å²) in [6.45, 7) is 1.74. The SMILES string of the molecule is NCC(CC1CCCCC1)NCc1cccs1. The molecule has 0 spiro atoms. The van der Waals surface area contributed by atoms with Crippen LogP contribution in [0.5, 0.6) is 0 Å². The average Bonchev–Trinajstić information content (AvgIpc) is 2.89. The topological polar surface area (TPSA) is 38.0 Å². The molecule has 1 aliphatic carbocycles. The molecule has 0 aromatic carbocycles. The first kappa shape index (κ1) is 13.1. The lowest BCUT2D eigenvalue weighted by molar-refractivity contribution is 0.299. The van der Waals surface area contributed by atoms with Gasteiger partial charge in [0, 0.05) is 24.0 Å². The van der Waals surface area contributed by atoms with Gasteiger partial charge in [0.1, 0.15) is 0 Å². The minimum atomic E-state index is 0.500. The van der Waals surface area contributed by atoms with E-state index >= 15 is 0 Å². The molecule has 1 fully saturated rings. The van der Waals surface area contributed by atoms with Crippen molar-refractivity contribution < 1.29 is 0 Å². The third-order valence-corrected chi connectivity index (χ3v) is 4.65. The van der Waals surface area contributed by atoms with Crippen LogP contribution in [0.3, 0.4) is 0 Å². The fourth-order valence-electron chi connectivity index (χ4n) is 2.75. The molecule has 1 aromatic heterocycles. The fourth-order valence-corrected chi connectivity index (χ4v) is 3.40. The van der Waals surface area contributed by atoms with E-state index in [-0.39, 0.29) is 0 Å². The first-order valence-corrected chi connectivity index (χ1v) is 7.72. The highest BCUT2D eigenvalue weighted by atomic mass is 32.1. The molecule has 1 saturated carbocycles. The van der Waals surface area contributed by atoms with E-state index in [2.05, 4.69) is 22.8 Å². The van der Waals surface area contributed by atoms with Crippen LogP contribution in [0.1, 0.15) is 43.4 Å². The Kier molecular flexibility index (Phi) is 5.49. The molecular formula is C14H24N2S.